The molecule has 0 radical (unpaired) electrons. The van der Waals surface area contributed by atoms with Gasteiger partial charge in [0, 0.05) is 5.69 Å². The lowest BCUT2D eigenvalue weighted by molar-refractivity contribution is -0.127. The highest BCUT2D eigenvalue weighted by atomic mass is 16.3. The van der Waals surface area contributed by atoms with Crippen molar-refractivity contribution < 1.29 is 18.8 Å². The molecule has 2 aromatic rings. The van der Waals surface area contributed by atoms with E-state index in [9.17, 15) is 14.4 Å². The van der Waals surface area contributed by atoms with Gasteiger partial charge in [0.2, 0.25) is 11.8 Å². The van der Waals surface area contributed by atoms with Crippen LogP contribution in [-0.4, -0.2) is 30.4 Å². The number of anilines is 1. The molecule has 0 saturated heterocycles. The van der Waals surface area contributed by atoms with E-state index in [1.54, 1.807) is 36.4 Å². The summed E-state index contributed by atoms with van der Waals surface area (Å²) in [6, 6.07) is 11.1. The van der Waals surface area contributed by atoms with E-state index in [-0.39, 0.29) is 24.9 Å². The van der Waals surface area contributed by atoms with Crippen molar-refractivity contribution >= 4 is 23.5 Å². The van der Waals surface area contributed by atoms with Gasteiger partial charge in [0.25, 0.3) is 0 Å². The minimum atomic E-state index is -0.772. The number of hydrogen-bond donors (Lipinski definition) is 4. The van der Waals surface area contributed by atoms with Gasteiger partial charge in [-0.05, 0) is 30.2 Å². The Hall–Kier alpha value is -3.29. The molecular weight excluding hydrogens is 348 g/mol. The predicted octanol–water partition coefficient (Wildman–Crippen LogP) is 1.86. The molecule has 4 N–H and O–H groups in total. The fourth-order valence-electron chi connectivity index (χ4n) is 2.30. The fraction of sp³-hybridized carbons (Fsp3) is 0.316. The van der Waals surface area contributed by atoms with Crippen LogP contribution in [0.3, 0.4) is 0 Å². The second kappa shape index (κ2) is 10.0. The van der Waals surface area contributed by atoms with Crippen molar-refractivity contribution in [3.63, 3.8) is 0 Å². The van der Waals surface area contributed by atoms with Crippen molar-refractivity contribution in [1.82, 2.24) is 16.0 Å². The first-order chi connectivity index (χ1) is 13.0. The average molecular weight is 372 g/mol. The summed E-state index contributed by atoms with van der Waals surface area (Å²) >= 11 is 0. The van der Waals surface area contributed by atoms with Gasteiger partial charge in [-0.15, -0.1) is 0 Å². The summed E-state index contributed by atoms with van der Waals surface area (Å²) in [4.78, 5) is 36.3. The predicted molar refractivity (Wildman–Crippen MR) is 101 cm³/mol. The van der Waals surface area contributed by atoms with Gasteiger partial charge in [0.15, 0.2) is 0 Å². The standard InChI is InChI=1S/C19H24N4O4/c1-13(2)17(23-19(26)22-14-7-4-3-5-8-14)18(25)21-12-16(24)20-11-15-9-6-10-27-15/h3-10,13,17H,11-12H2,1-2H3,(H,20,24)(H,21,25)(H2,22,23,26). The van der Waals surface area contributed by atoms with E-state index in [1.165, 1.54) is 6.26 Å². The van der Waals surface area contributed by atoms with Crippen molar-refractivity contribution in [3.05, 3.63) is 54.5 Å². The van der Waals surface area contributed by atoms with Crippen LogP contribution in [0.4, 0.5) is 10.5 Å². The number of nitrogens with one attached hydrogen (secondary N) is 4. The molecule has 1 aromatic carbocycles. The summed E-state index contributed by atoms with van der Waals surface area (Å²) in [6.45, 7) is 3.67. The fourth-order valence-corrected chi connectivity index (χ4v) is 2.30. The quantitative estimate of drug-likeness (QED) is 0.566. The van der Waals surface area contributed by atoms with Crippen LogP contribution in [0.2, 0.25) is 0 Å². The van der Waals surface area contributed by atoms with E-state index in [1.807, 2.05) is 19.9 Å². The first-order valence-corrected chi connectivity index (χ1v) is 8.65. The Bertz CT molecular complexity index is 744. The lowest BCUT2D eigenvalue weighted by atomic mass is 10.0. The van der Waals surface area contributed by atoms with Gasteiger partial charge in [0.05, 0.1) is 19.4 Å². The van der Waals surface area contributed by atoms with E-state index < -0.39 is 18.0 Å². The zero-order valence-corrected chi connectivity index (χ0v) is 15.3. The van der Waals surface area contributed by atoms with Gasteiger partial charge in [-0.3, -0.25) is 9.59 Å². The Kier molecular flexibility index (Phi) is 7.42. The first-order valence-electron chi connectivity index (χ1n) is 8.65. The van der Waals surface area contributed by atoms with Gasteiger partial charge in [0.1, 0.15) is 11.8 Å². The van der Waals surface area contributed by atoms with Gasteiger partial charge in [-0.25, -0.2) is 4.79 Å². The van der Waals surface area contributed by atoms with E-state index >= 15 is 0 Å². The van der Waals surface area contributed by atoms with Crippen LogP contribution in [0.25, 0.3) is 0 Å². The van der Waals surface area contributed by atoms with Crippen LogP contribution >= 0.6 is 0 Å². The number of para-hydroxylation sites is 1. The van der Waals surface area contributed by atoms with Gasteiger partial charge < -0.3 is 25.7 Å². The van der Waals surface area contributed by atoms with Crippen LogP contribution in [0.5, 0.6) is 0 Å². The summed E-state index contributed by atoms with van der Waals surface area (Å²) in [5, 5.41) is 10.5. The number of amides is 4. The monoisotopic (exact) mass is 372 g/mol. The third-order valence-electron chi connectivity index (χ3n) is 3.73. The molecule has 1 aromatic heterocycles. The number of hydrogen-bond acceptors (Lipinski definition) is 4. The number of benzene rings is 1. The molecule has 1 atom stereocenters. The minimum absolute atomic E-state index is 0.155. The summed E-state index contributed by atoms with van der Waals surface area (Å²) in [6.07, 6.45) is 1.52. The smallest absolute Gasteiger partial charge is 0.319 e. The van der Waals surface area contributed by atoms with Crippen molar-refractivity contribution in [2.75, 3.05) is 11.9 Å². The zero-order chi connectivity index (χ0) is 19.6. The zero-order valence-electron chi connectivity index (χ0n) is 15.3. The highest BCUT2D eigenvalue weighted by Gasteiger charge is 2.24. The molecule has 0 fully saturated rings. The molecule has 1 heterocycles. The lowest BCUT2D eigenvalue weighted by Crippen LogP contribution is -2.52. The Labute approximate surface area is 157 Å². The van der Waals surface area contributed by atoms with E-state index in [0.29, 0.717) is 11.4 Å². The van der Waals surface area contributed by atoms with Crippen LogP contribution in [0.1, 0.15) is 19.6 Å². The summed E-state index contributed by atoms with van der Waals surface area (Å²) < 4.78 is 5.12. The molecule has 0 aliphatic rings. The van der Waals surface area contributed by atoms with Crippen molar-refractivity contribution in [2.24, 2.45) is 5.92 Å². The molecule has 144 valence electrons. The molecule has 27 heavy (non-hydrogen) atoms. The molecule has 2 rings (SSSR count). The summed E-state index contributed by atoms with van der Waals surface area (Å²) in [5.74, 6) is -0.316. The average Bonchev–Trinajstić information content (AvgIpc) is 3.16. The maximum atomic E-state index is 12.4. The molecule has 0 saturated carbocycles. The number of furan rings is 1. The third kappa shape index (κ3) is 6.85. The Morgan fingerprint density at radius 1 is 1.00 bits per heavy atom. The molecule has 4 amide bonds. The van der Waals surface area contributed by atoms with Crippen LogP contribution in [-0.2, 0) is 16.1 Å². The van der Waals surface area contributed by atoms with Gasteiger partial charge >= 0.3 is 6.03 Å². The van der Waals surface area contributed by atoms with Gasteiger partial charge in [-0.1, -0.05) is 32.0 Å². The first kappa shape index (κ1) is 20.0. The maximum absolute atomic E-state index is 12.4. The lowest BCUT2D eigenvalue weighted by Gasteiger charge is -2.21. The third-order valence-corrected chi connectivity index (χ3v) is 3.73. The Morgan fingerprint density at radius 2 is 1.74 bits per heavy atom. The number of urea groups is 1. The highest BCUT2D eigenvalue weighted by Crippen LogP contribution is 2.06. The molecule has 8 heteroatoms. The molecule has 1 unspecified atom stereocenters. The molecule has 0 aliphatic heterocycles. The van der Waals surface area contributed by atoms with Crippen LogP contribution in [0.15, 0.2) is 53.1 Å². The topological polar surface area (TPSA) is 112 Å². The van der Waals surface area contributed by atoms with E-state index in [2.05, 4.69) is 21.3 Å². The maximum Gasteiger partial charge on any atom is 0.319 e. The second-order valence-corrected chi connectivity index (χ2v) is 6.26. The second-order valence-electron chi connectivity index (χ2n) is 6.26. The molecular formula is C19H24N4O4. The number of rotatable bonds is 8. The molecule has 8 nitrogen and oxygen atoms in total. The number of carbonyl (C=O) groups excluding carboxylic acids is 3. The highest BCUT2D eigenvalue weighted by molar-refractivity contribution is 5.94. The van der Waals surface area contributed by atoms with Crippen molar-refractivity contribution in [1.29, 1.82) is 0 Å². The van der Waals surface area contributed by atoms with E-state index in [0.717, 1.165) is 0 Å². The van der Waals surface area contributed by atoms with Crippen molar-refractivity contribution in [2.45, 2.75) is 26.4 Å². The van der Waals surface area contributed by atoms with Gasteiger partial charge in [-0.2, -0.15) is 0 Å². The number of carbonyl (C=O) groups is 3. The van der Waals surface area contributed by atoms with Crippen LogP contribution < -0.4 is 21.3 Å². The molecule has 0 bridgehead atoms. The largest absolute Gasteiger partial charge is 0.467 e. The normalized spacial score (nSPS) is 11.5. The van der Waals surface area contributed by atoms with E-state index in [4.69, 9.17) is 4.42 Å². The summed E-state index contributed by atoms with van der Waals surface area (Å²) in [7, 11) is 0. The van der Waals surface area contributed by atoms with Crippen molar-refractivity contribution in [3.8, 4) is 0 Å². The molecule has 0 aliphatic carbocycles. The summed E-state index contributed by atoms with van der Waals surface area (Å²) in [5.41, 5.74) is 0.621. The van der Waals surface area contributed by atoms with Crippen LogP contribution in [0, 0.1) is 5.92 Å². The Balaban J connectivity index is 1.79. The SMILES string of the molecule is CC(C)C(NC(=O)Nc1ccccc1)C(=O)NCC(=O)NCc1ccco1. The Morgan fingerprint density at radius 3 is 2.37 bits per heavy atom. The molecule has 0 spiro atoms. The minimum Gasteiger partial charge on any atom is -0.467 e.